The number of nitrogens with zero attached hydrogens (tertiary/aromatic N) is 1. The minimum atomic E-state index is -0.179. The molecule has 0 unspecified atom stereocenters. The van der Waals surface area contributed by atoms with Crippen LogP contribution in [0.1, 0.15) is 42.8 Å². The molecule has 1 amide bonds. The monoisotopic (exact) mass is 300 g/mol. The zero-order chi connectivity index (χ0) is 15.0. The second-order valence-corrected chi connectivity index (χ2v) is 6.05. The molecule has 0 saturated heterocycles. The fraction of sp³-hybridized carbons (Fsp3) is 0.692. The number of unbranched alkanes of at least 4 members (excludes halogenated alkanes) is 2. The van der Waals surface area contributed by atoms with Gasteiger partial charge in [-0.25, -0.2) is 4.98 Å². The van der Waals surface area contributed by atoms with E-state index in [9.17, 15) is 4.79 Å². The molecule has 0 aliphatic carbocycles. The van der Waals surface area contributed by atoms with Gasteiger partial charge in [0.2, 0.25) is 0 Å². The highest BCUT2D eigenvalue weighted by Crippen LogP contribution is 2.24. The van der Waals surface area contributed by atoms with E-state index in [1.54, 1.807) is 0 Å². The molecule has 1 rings (SSSR count). The highest BCUT2D eigenvalue weighted by molar-refractivity contribution is 7.18. The molecule has 7 heteroatoms. The van der Waals surface area contributed by atoms with Crippen LogP contribution in [0.4, 0.5) is 10.9 Å². The number of aliphatic hydroxyl groups excluding tert-OH is 1. The number of carbonyl (C=O) groups excluding carboxylic acids is 1. The summed E-state index contributed by atoms with van der Waals surface area (Å²) in [6.45, 7) is 5.79. The van der Waals surface area contributed by atoms with Crippen molar-refractivity contribution in [3.05, 3.63) is 4.88 Å². The van der Waals surface area contributed by atoms with Crippen LogP contribution in [0.3, 0.4) is 0 Å². The Labute approximate surface area is 123 Å². The maximum absolute atomic E-state index is 12.0. The first-order chi connectivity index (χ1) is 9.54. The molecule has 0 aliphatic rings. The van der Waals surface area contributed by atoms with Gasteiger partial charge in [0.1, 0.15) is 10.7 Å². The maximum Gasteiger partial charge on any atom is 0.265 e. The van der Waals surface area contributed by atoms with E-state index < -0.39 is 0 Å². The molecule has 0 bridgehead atoms. The largest absolute Gasteiger partial charge is 0.396 e. The minimum absolute atomic E-state index is 0.179. The molecule has 20 heavy (non-hydrogen) atoms. The summed E-state index contributed by atoms with van der Waals surface area (Å²) in [6, 6.07) is 0. The van der Waals surface area contributed by atoms with E-state index in [0.717, 1.165) is 25.8 Å². The van der Waals surface area contributed by atoms with Crippen LogP contribution in [0, 0.1) is 5.92 Å². The van der Waals surface area contributed by atoms with E-state index in [-0.39, 0.29) is 18.3 Å². The lowest BCUT2D eigenvalue weighted by atomic mass is 10.2. The number of amides is 1. The maximum atomic E-state index is 12.0. The van der Waals surface area contributed by atoms with Crippen LogP contribution in [-0.2, 0) is 0 Å². The SMILES string of the molecule is CC(C)CNc1nc(N)c(C(=O)NCCCCCO)s1. The minimum Gasteiger partial charge on any atom is -0.396 e. The number of nitrogen functional groups attached to an aromatic ring is 1. The zero-order valence-electron chi connectivity index (χ0n) is 12.1. The fourth-order valence-corrected chi connectivity index (χ4v) is 2.37. The summed E-state index contributed by atoms with van der Waals surface area (Å²) < 4.78 is 0. The van der Waals surface area contributed by atoms with Crippen molar-refractivity contribution in [1.82, 2.24) is 10.3 Å². The van der Waals surface area contributed by atoms with Crippen LogP contribution in [-0.4, -0.2) is 35.7 Å². The Morgan fingerprint density at radius 1 is 1.40 bits per heavy atom. The van der Waals surface area contributed by atoms with Crippen LogP contribution in [0.25, 0.3) is 0 Å². The molecule has 1 aromatic rings. The van der Waals surface area contributed by atoms with Gasteiger partial charge in [-0.05, 0) is 25.2 Å². The lowest BCUT2D eigenvalue weighted by Crippen LogP contribution is -2.24. The Morgan fingerprint density at radius 2 is 2.15 bits per heavy atom. The second-order valence-electron chi connectivity index (χ2n) is 5.05. The van der Waals surface area contributed by atoms with Crippen molar-refractivity contribution in [2.24, 2.45) is 5.92 Å². The molecule has 0 saturated carbocycles. The van der Waals surface area contributed by atoms with E-state index in [0.29, 0.717) is 22.5 Å². The Hall–Kier alpha value is -1.34. The quantitative estimate of drug-likeness (QED) is 0.520. The van der Waals surface area contributed by atoms with E-state index in [2.05, 4.69) is 29.5 Å². The third-order valence-electron chi connectivity index (χ3n) is 2.64. The number of hydrogen-bond acceptors (Lipinski definition) is 6. The van der Waals surface area contributed by atoms with Crippen molar-refractivity contribution in [2.75, 3.05) is 30.7 Å². The topological polar surface area (TPSA) is 100 Å². The third-order valence-corrected chi connectivity index (χ3v) is 3.67. The molecule has 0 spiro atoms. The fourth-order valence-electron chi connectivity index (χ4n) is 1.56. The summed E-state index contributed by atoms with van der Waals surface area (Å²) in [5, 5.41) is 15.3. The van der Waals surface area contributed by atoms with Gasteiger partial charge in [0, 0.05) is 19.7 Å². The van der Waals surface area contributed by atoms with Crippen molar-refractivity contribution in [3.8, 4) is 0 Å². The van der Waals surface area contributed by atoms with Gasteiger partial charge in [0.25, 0.3) is 5.91 Å². The number of thiazole rings is 1. The highest BCUT2D eigenvalue weighted by atomic mass is 32.1. The van der Waals surface area contributed by atoms with Gasteiger partial charge < -0.3 is 21.5 Å². The van der Waals surface area contributed by atoms with Gasteiger partial charge in [-0.2, -0.15) is 0 Å². The molecule has 5 N–H and O–H groups in total. The summed E-state index contributed by atoms with van der Waals surface area (Å²) in [5.74, 6) is 0.597. The summed E-state index contributed by atoms with van der Waals surface area (Å²) in [6.07, 6.45) is 2.52. The number of hydrogen-bond donors (Lipinski definition) is 4. The van der Waals surface area contributed by atoms with Crippen molar-refractivity contribution in [1.29, 1.82) is 0 Å². The molecule has 0 aliphatic heterocycles. The van der Waals surface area contributed by atoms with Crippen molar-refractivity contribution in [3.63, 3.8) is 0 Å². The highest BCUT2D eigenvalue weighted by Gasteiger charge is 2.15. The van der Waals surface area contributed by atoms with Crippen LogP contribution in [0.15, 0.2) is 0 Å². The molecular weight excluding hydrogens is 276 g/mol. The van der Waals surface area contributed by atoms with Gasteiger partial charge in [-0.3, -0.25) is 4.79 Å². The van der Waals surface area contributed by atoms with E-state index in [1.165, 1.54) is 11.3 Å². The number of aromatic nitrogens is 1. The standard InChI is InChI=1S/C13H24N4O2S/c1-9(2)8-16-13-17-11(14)10(20-13)12(19)15-6-4-3-5-7-18/h9,18H,3-8,14H2,1-2H3,(H,15,19)(H,16,17). The normalized spacial score (nSPS) is 10.8. The second kappa shape index (κ2) is 8.76. The lowest BCUT2D eigenvalue weighted by Gasteiger charge is -2.04. The molecule has 0 fully saturated rings. The molecule has 0 aromatic carbocycles. The van der Waals surface area contributed by atoms with Crippen LogP contribution in [0.2, 0.25) is 0 Å². The summed E-state index contributed by atoms with van der Waals surface area (Å²) in [7, 11) is 0. The average Bonchev–Trinajstić information content (AvgIpc) is 2.77. The Kier molecular flexibility index (Phi) is 7.32. The molecule has 1 heterocycles. The molecular formula is C13H24N4O2S. The zero-order valence-corrected chi connectivity index (χ0v) is 12.9. The lowest BCUT2D eigenvalue weighted by molar-refractivity contribution is 0.0957. The van der Waals surface area contributed by atoms with Crippen LogP contribution >= 0.6 is 11.3 Å². The van der Waals surface area contributed by atoms with E-state index in [4.69, 9.17) is 10.8 Å². The predicted molar refractivity (Wildman–Crippen MR) is 83.1 cm³/mol. The Balaban J connectivity index is 2.43. The first-order valence-corrected chi connectivity index (χ1v) is 7.75. The van der Waals surface area contributed by atoms with Crippen molar-refractivity contribution < 1.29 is 9.90 Å². The predicted octanol–water partition coefficient (Wildman–Crippen LogP) is 1.69. The first-order valence-electron chi connectivity index (χ1n) is 6.93. The van der Waals surface area contributed by atoms with Gasteiger partial charge in [-0.1, -0.05) is 25.2 Å². The summed E-state index contributed by atoms with van der Waals surface area (Å²) in [5.41, 5.74) is 5.77. The van der Waals surface area contributed by atoms with E-state index >= 15 is 0 Å². The molecule has 114 valence electrons. The van der Waals surface area contributed by atoms with Gasteiger partial charge in [-0.15, -0.1) is 0 Å². The molecule has 0 radical (unpaired) electrons. The third kappa shape index (κ3) is 5.75. The van der Waals surface area contributed by atoms with Crippen molar-refractivity contribution >= 4 is 28.2 Å². The number of carbonyl (C=O) groups is 1. The van der Waals surface area contributed by atoms with Crippen LogP contribution in [0.5, 0.6) is 0 Å². The van der Waals surface area contributed by atoms with Gasteiger partial charge in [0.05, 0.1) is 0 Å². The number of aliphatic hydroxyl groups is 1. The Bertz CT molecular complexity index is 421. The number of nitrogens with two attached hydrogens (primary N) is 1. The summed E-state index contributed by atoms with van der Waals surface area (Å²) in [4.78, 5) is 16.6. The first kappa shape index (κ1) is 16.7. The smallest absolute Gasteiger partial charge is 0.265 e. The number of anilines is 2. The van der Waals surface area contributed by atoms with Crippen molar-refractivity contribution in [2.45, 2.75) is 33.1 Å². The number of rotatable bonds is 9. The van der Waals surface area contributed by atoms with Gasteiger partial charge >= 0.3 is 0 Å². The molecule has 6 nitrogen and oxygen atoms in total. The van der Waals surface area contributed by atoms with E-state index in [1.807, 2.05) is 0 Å². The average molecular weight is 300 g/mol. The molecule has 1 aromatic heterocycles. The van der Waals surface area contributed by atoms with Gasteiger partial charge in [0.15, 0.2) is 5.13 Å². The number of nitrogens with one attached hydrogen (secondary N) is 2. The van der Waals surface area contributed by atoms with Crippen LogP contribution < -0.4 is 16.4 Å². The Morgan fingerprint density at radius 3 is 2.80 bits per heavy atom. The molecule has 0 atom stereocenters. The summed E-state index contributed by atoms with van der Waals surface area (Å²) >= 11 is 1.28.